The second-order valence-electron chi connectivity index (χ2n) is 5.53. The van der Waals surface area contributed by atoms with E-state index in [0.717, 1.165) is 30.2 Å². The minimum absolute atomic E-state index is 0.0691. The molecule has 2 heterocycles. The first-order valence-electron chi connectivity index (χ1n) is 7.62. The van der Waals surface area contributed by atoms with Gasteiger partial charge in [-0.1, -0.05) is 18.6 Å². The van der Waals surface area contributed by atoms with E-state index < -0.39 is 6.10 Å². The van der Waals surface area contributed by atoms with E-state index in [4.69, 9.17) is 9.47 Å². The molecule has 0 aliphatic carbocycles. The van der Waals surface area contributed by atoms with Crippen LogP contribution in [0.1, 0.15) is 37.9 Å². The summed E-state index contributed by atoms with van der Waals surface area (Å²) < 4.78 is 11.5. The van der Waals surface area contributed by atoms with Crippen LogP contribution in [0, 0.1) is 0 Å². The highest BCUT2D eigenvalue weighted by Crippen LogP contribution is 2.41. The van der Waals surface area contributed by atoms with Crippen LogP contribution < -0.4 is 9.47 Å². The summed E-state index contributed by atoms with van der Waals surface area (Å²) in [6.07, 6.45) is 3.24. The maximum atomic E-state index is 10.7. The fourth-order valence-corrected chi connectivity index (χ4v) is 3.21. The van der Waals surface area contributed by atoms with Crippen molar-refractivity contribution in [3.05, 3.63) is 23.8 Å². The van der Waals surface area contributed by atoms with E-state index >= 15 is 0 Å². The zero-order valence-electron chi connectivity index (χ0n) is 12.0. The SMILES string of the molecule is CCOc1cccc2c1OCC(N1CCCCC1)C2O. The second-order valence-corrected chi connectivity index (χ2v) is 5.53. The normalized spacial score (nSPS) is 26.7. The summed E-state index contributed by atoms with van der Waals surface area (Å²) in [6, 6.07) is 5.84. The van der Waals surface area contributed by atoms with E-state index in [0.29, 0.717) is 13.2 Å². The van der Waals surface area contributed by atoms with Crippen LogP contribution in [0.25, 0.3) is 0 Å². The maximum absolute atomic E-state index is 10.7. The van der Waals surface area contributed by atoms with Crippen LogP contribution in [0.15, 0.2) is 18.2 Å². The van der Waals surface area contributed by atoms with Crippen LogP contribution in [0.5, 0.6) is 11.5 Å². The van der Waals surface area contributed by atoms with Gasteiger partial charge < -0.3 is 14.6 Å². The molecule has 3 rings (SSSR count). The van der Waals surface area contributed by atoms with Crippen LogP contribution in [0.4, 0.5) is 0 Å². The Morgan fingerprint density at radius 3 is 2.85 bits per heavy atom. The molecule has 1 aromatic carbocycles. The van der Waals surface area contributed by atoms with Gasteiger partial charge in [0.25, 0.3) is 0 Å². The number of hydrogen-bond donors (Lipinski definition) is 1. The molecule has 0 saturated carbocycles. The highest BCUT2D eigenvalue weighted by atomic mass is 16.5. The van der Waals surface area contributed by atoms with Gasteiger partial charge in [-0.2, -0.15) is 0 Å². The predicted molar refractivity (Wildman–Crippen MR) is 77.3 cm³/mol. The van der Waals surface area contributed by atoms with Crippen LogP contribution >= 0.6 is 0 Å². The van der Waals surface area contributed by atoms with Crippen molar-refractivity contribution in [3.8, 4) is 11.5 Å². The van der Waals surface area contributed by atoms with Gasteiger partial charge in [0.1, 0.15) is 12.7 Å². The molecule has 1 N–H and O–H groups in total. The first-order chi connectivity index (χ1) is 9.81. The smallest absolute Gasteiger partial charge is 0.167 e. The molecule has 0 bridgehead atoms. The maximum Gasteiger partial charge on any atom is 0.167 e. The van der Waals surface area contributed by atoms with E-state index in [9.17, 15) is 5.11 Å². The van der Waals surface area contributed by atoms with E-state index in [1.807, 2.05) is 25.1 Å². The van der Waals surface area contributed by atoms with Crippen LogP contribution in [-0.4, -0.2) is 42.4 Å². The molecule has 4 heteroatoms. The van der Waals surface area contributed by atoms with Gasteiger partial charge in [0, 0.05) is 5.56 Å². The quantitative estimate of drug-likeness (QED) is 0.921. The second kappa shape index (κ2) is 6.02. The molecule has 20 heavy (non-hydrogen) atoms. The number of aliphatic hydroxyl groups is 1. The lowest BCUT2D eigenvalue weighted by molar-refractivity contribution is -0.00546. The summed E-state index contributed by atoms with van der Waals surface area (Å²) in [5.41, 5.74) is 0.859. The third kappa shape index (κ3) is 2.50. The largest absolute Gasteiger partial charge is 0.490 e. The third-order valence-corrected chi connectivity index (χ3v) is 4.25. The number of ether oxygens (including phenoxy) is 2. The molecule has 0 spiro atoms. The van der Waals surface area contributed by atoms with Crippen molar-refractivity contribution < 1.29 is 14.6 Å². The Kier molecular flexibility index (Phi) is 4.13. The number of aliphatic hydroxyl groups excluding tert-OH is 1. The molecule has 0 radical (unpaired) electrons. The lowest BCUT2D eigenvalue weighted by atomic mass is 9.96. The zero-order chi connectivity index (χ0) is 13.9. The van der Waals surface area contributed by atoms with Gasteiger partial charge in [-0.15, -0.1) is 0 Å². The number of nitrogens with zero attached hydrogens (tertiary/aromatic N) is 1. The van der Waals surface area contributed by atoms with Gasteiger partial charge in [0.15, 0.2) is 11.5 Å². The highest BCUT2D eigenvalue weighted by Gasteiger charge is 2.35. The van der Waals surface area contributed by atoms with E-state index in [2.05, 4.69) is 4.90 Å². The van der Waals surface area contributed by atoms with Crippen molar-refractivity contribution in [1.82, 2.24) is 4.90 Å². The van der Waals surface area contributed by atoms with Crippen molar-refractivity contribution >= 4 is 0 Å². The lowest BCUT2D eigenvalue weighted by Gasteiger charge is -2.40. The van der Waals surface area contributed by atoms with E-state index in [1.165, 1.54) is 19.3 Å². The fraction of sp³-hybridized carbons (Fsp3) is 0.625. The Morgan fingerprint density at radius 2 is 2.10 bits per heavy atom. The number of benzene rings is 1. The Morgan fingerprint density at radius 1 is 1.30 bits per heavy atom. The molecule has 110 valence electrons. The average molecular weight is 277 g/mol. The Hall–Kier alpha value is -1.26. The van der Waals surface area contributed by atoms with Crippen molar-refractivity contribution in [2.75, 3.05) is 26.3 Å². The minimum atomic E-state index is -0.489. The van der Waals surface area contributed by atoms with Crippen LogP contribution in [0.3, 0.4) is 0 Å². The molecular formula is C16H23NO3. The number of fused-ring (bicyclic) bond motifs is 1. The molecule has 2 unspecified atom stereocenters. The van der Waals surface area contributed by atoms with Gasteiger partial charge in [-0.3, -0.25) is 4.90 Å². The molecule has 2 aliphatic rings. The third-order valence-electron chi connectivity index (χ3n) is 4.25. The summed E-state index contributed by atoms with van der Waals surface area (Å²) in [5, 5.41) is 10.7. The number of hydrogen-bond acceptors (Lipinski definition) is 4. The first-order valence-corrected chi connectivity index (χ1v) is 7.62. The number of likely N-dealkylation sites (tertiary alicyclic amines) is 1. The van der Waals surface area contributed by atoms with Crippen LogP contribution in [0.2, 0.25) is 0 Å². The van der Waals surface area contributed by atoms with Gasteiger partial charge in [-0.25, -0.2) is 0 Å². The Labute approximate surface area is 120 Å². The van der Waals surface area contributed by atoms with Gasteiger partial charge in [0.2, 0.25) is 0 Å². The molecular weight excluding hydrogens is 254 g/mol. The highest BCUT2D eigenvalue weighted by molar-refractivity contribution is 5.49. The summed E-state index contributed by atoms with van der Waals surface area (Å²) in [6.45, 7) is 5.22. The van der Waals surface area contributed by atoms with Gasteiger partial charge in [0.05, 0.1) is 12.6 Å². The number of para-hydroxylation sites is 1. The molecule has 1 fully saturated rings. The van der Waals surface area contributed by atoms with Crippen molar-refractivity contribution in [3.63, 3.8) is 0 Å². The molecule has 2 aliphatic heterocycles. The molecule has 1 saturated heterocycles. The van der Waals surface area contributed by atoms with Crippen molar-refractivity contribution in [1.29, 1.82) is 0 Å². The predicted octanol–water partition coefficient (Wildman–Crippen LogP) is 2.37. The minimum Gasteiger partial charge on any atom is -0.490 e. The molecule has 0 amide bonds. The topological polar surface area (TPSA) is 41.9 Å². The van der Waals surface area contributed by atoms with E-state index in [-0.39, 0.29) is 6.04 Å². The summed E-state index contributed by atoms with van der Waals surface area (Å²) in [4.78, 5) is 2.37. The zero-order valence-corrected chi connectivity index (χ0v) is 12.0. The molecule has 1 aromatic rings. The van der Waals surface area contributed by atoms with Gasteiger partial charge >= 0.3 is 0 Å². The number of rotatable bonds is 3. The molecule has 4 nitrogen and oxygen atoms in total. The van der Waals surface area contributed by atoms with Gasteiger partial charge in [-0.05, 0) is 38.9 Å². The standard InChI is InChI=1S/C16H23NO3/c1-2-19-14-8-6-7-12-15(18)13(11-20-16(12)14)17-9-4-3-5-10-17/h6-8,13,15,18H,2-5,9-11H2,1H3. The molecule has 2 atom stereocenters. The lowest BCUT2D eigenvalue weighted by Crippen LogP contribution is -2.48. The monoisotopic (exact) mass is 277 g/mol. The summed E-state index contributed by atoms with van der Waals surface area (Å²) >= 11 is 0. The fourth-order valence-electron chi connectivity index (χ4n) is 3.21. The van der Waals surface area contributed by atoms with Crippen molar-refractivity contribution in [2.24, 2.45) is 0 Å². The van der Waals surface area contributed by atoms with E-state index in [1.54, 1.807) is 0 Å². The Bertz CT molecular complexity index is 457. The average Bonchev–Trinajstić information content (AvgIpc) is 2.49. The van der Waals surface area contributed by atoms with Crippen molar-refractivity contribution in [2.45, 2.75) is 38.3 Å². The number of piperidine rings is 1. The Balaban J connectivity index is 1.83. The van der Waals surface area contributed by atoms with Crippen LogP contribution in [-0.2, 0) is 0 Å². The molecule has 0 aromatic heterocycles. The summed E-state index contributed by atoms with van der Waals surface area (Å²) in [7, 11) is 0. The first kappa shape index (κ1) is 13.7. The summed E-state index contributed by atoms with van der Waals surface area (Å²) in [5.74, 6) is 1.45.